The second kappa shape index (κ2) is 3.81. The fourth-order valence-corrected chi connectivity index (χ4v) is 1.75. The van der Waals surface area contributed by atoms with Gasteiger partial charge in [0.2, 0.25) is 0 Å². The predicted molar refractivity (Wildman–Crippen MR) is 61.6 cm³/mol. The fraction of sp³-hybridized carbons (Fsp3) is 0.167. The maximum atomic E-state index is 11.6. The van der Waals surface area contributed by atoms with Crippen LogP contribution < -0.4 is 5.56 Å². The largest absolute Gasteiger partial charge is 0.298 e. The van der Waals surface area contributed by atoms with E-state index in [0.717, 1.165) is 11.8 Å². The van der Waals surface area contributed by atoms with Crippen LogP contribution in [0.25, 0.3) is 11.3 Å². The average molecular weight is 216 g/mol. The van der Waals surface area contributed by atoms with E-state index in [0.29, 0.717) is 16.8 Å². The number of hydrogen-bond donors (Lipinski definition) is 1. The standard InChI is InChI=1S/C12H12N2O2/c1-8-11(13-14(2)12(8)16)10-6-4-3-5-9(10)7-15/h3-7,13H,1-2H3. The van der Waals surface area contributed by atoms with Crippen molar-refractivity contribution in [3.8, 4) is 11.3 Å². The van der Waals surface area contributed by atoms with Crippen molar-refractivity contribution in [1.82, 2.24) is 9.78 Å². The van der Waals surface area contributed by atoms with Crippen molar-refractivity contribution in [2.45, 2.75) is 6.92 Å². The number of aryl methyl sites for hydroxylation is 1. The van der Waals surface area contributed by atoms with Crippen molar-refractivity contribution in [3.05, 3.63) is 45.7 Å². The van der Waals surface area contributed by atoms with Crippen LogP contribution >= 0.6 is 0 Å². The summed E-state index contributed by atoms with van der Waals surface area (Å²) in [4.78, 5) is 22.5. The van der Waals surface area contributed by atoms with E-state index >= 15 is 0 Å². The second-order valence-electron chi connectivity index (χ2n) is 3.68. The summed E-state index contributed by atoms with van der Waals surface area (Å²) in [6, 6.07) is 7.19. The van der Waals surface area contributed by atoms with E-state index < -0.39 is 0 Å². The van der Waals surface area contributed by atoms with Crippen molar-refractivity contribution >= 4 is 6.29 Å². The van der Waals surface area contributed by atoms with Crippen molar-refractivity contribution in [2.24, 2.45) is 7.05 Å². The number of rotatable bonds is 2. The van der Waals surface area contributed by atoms with E-state index in [1.165, 1.54) is 4.68 Å². The summed E-state index contributed by atoms with van der Waals surface area (Å²) in [6.07, 6.45) is 0.792. The molecule has 4 heteroatoms. The van der Waals surface area contributed by atoms with Gasteiger partial charge in [-0.2, -0.15) is 0 Å². The van der Waals surface area contributed by atoms with Gasteiger partial charge in [0.25, 0.3) is 5.56 Å². The number of aromatic amines is 1. The van der Waals surface area contributed by atoms with Gasteiger partial charge in [-0.3, -0.25) is 19.4 Å². The number of nitrogens with one attached hydrogen (secondary N) is 1. The first-order valence-electron chi connectivity index (χ1n) is 4.95. The minimum absolute atomic E-state index is 0.0734. The van der Waals surface area contributed by atoms with Gasteiger partial charge in [0.1, 0.15) is 0 Å². The van der Waals surface area contributed by atoms with Gasteiger partial charge in [-0.1, -0.05) is 24.3 Å². The quantitative estimate of drug-likeness (QED) is 0.773. The summed E-state index contributed by atoms with van der Waals surface area (Å²) in [5.41, 5.74) is 2.59. The summed E-state index contributed by atoms with van der Waals surface area (Å²) in [5, 5.41) is 2.95. The number of aldehydes is 1. The van der Waals surface area contributed by atoms with Crippen LogP contribution in [0.15, 0.2) is 29.1 Å². The molecule has 0 unspecified atom stereocenters. The van der Waals surface area contributed by atoms with E-state index in [-0.39, 0.29) is 5.56 Å². The number of aromatic nitrogens is 2. The number of carbonyl (C=O) groups excluding carboxylic acids is 1. The second-order valence-corrected chi connectivity index (χ2v) is 3.68. The van der Waals surface area contributed by atoms with E-state index in [1.807, 2.05) is 12.1 Å². The Morgan fingerprint density at radius 1 is 1.31 bits per heavy atom. The Labute approximate surface area is 92.5 Å². The molecule has 0 amide bonds. The molecule has 1 aromatic carbocycles. The number of nitrogens with zero attached hydrogens (tertiary/aromatic N) is 1. The summed E-state index contributed by atoms with van der Waals surface area (Å²) >= 11 is 0. The molecule has 0 fully saturated rings. The fourth-order valence-electron chi connectivity index (χ4n) is 1.75. The lowest BCUT2D eigenvalue weighted by Crippen LogP contribution is -2.12. The molecule has 0 aliphatic carbocycles. The van der Waals surface area contributed by atoms with Gasteiger partial charge in [0.05, 0.1) is 5.69 Å². The molecule has 4 nitrogen and oxygen atoms in total. The van der Waals surface area contributed by atoms with Crippen LogP contribution in [0.3, 0.4) is 0 Å². The third-order valence-electron chi connectivity index (χ3n) is 2.64. The highest BCUT2D eigenvalue weighted by Crippen LogP contribution is 2.21. The summed E-state index contributed by atoms with van der Waals surface area (Å²) in [5.74, 6) is 0. The molecule has 0 aliphatic heterocycles. The zero-order valence-electron chi connectivity index (χ0n) is 9.15. The topological polar surface area (TPSA) is 54.9 Å². The van der Waals surface area contributed by atoms with Gasteiger partial charge in [0, 0.05) is 23.7 Å². The van der Waals surface area contributed by atoms with Crippen molar-refractivity contribution in [3.63, 3.8) is 0 Å². The molecular weight excluding hydrogens is 204 g/mol. The molecule has 1 aromatic heterocycles. The molecule has 2 rings (SSSR count). The van der Waals surface area contributed by atoms with Gasteiger partial charge in [-0.15, -0.1) is 0 Å². The molecule has 16 heavy (non-hydrogen) atoms. The van der Waals surface area contributed by atoms with Gasteiger partial charge < -0.3 is 0 Å². The highest BCUT2D eigenvalue weighted by atomic mass is 16.1. The number of carbonyl (C=O) groups is 1. The van der Waals surface area contributed by atoms with Crippen molar-refractivity contribution in [2.75, 3.05) is 0 Å². The monoisotopic (exact) mass is 216 g/mol. The maximum absolute atomic E-state index is 11.6. The Morgan fingerprint density at radius 2 is 2.00 bits per heavy atom. The molecule has 2 aromatic rings. The zero-order chi connectivity index (χ0) is 11.7. The molecule has 1 N–H and O–H groups in total. The predicted octanol–water partition coefficient (Wildman–Crippen LogP) is 1.50. The Morgan fingerprint density at radius 3 is 2.56 bits per heavy atom. The van der Waals surface area contributed by atoms with Crippen LogP contribution in [0.4, 0.5) is 0 Å². The van der Waals surface area contributed by atoms with Gasteiger partial charge in [-0.05, 0) is 6.92 Å². The molecule has 0 aliphatic rings. The van der Waals surface area contributed by atoms with Crippen LogP contribution in [0.2, 0.25) is 0 Å². The van der Waals surface area contributed by atoms with Crippen LogP contribution in [0.1, 0.15) is 15.9 Å². The van der Waals surface area contributed by atoms with Crippen molar-refractivity contribution < 1.29 is 4.79 Å². The molecular formula is C12H12N2O2. The van der Waals surface area contributed by atoms with Crippen molar-refractivity contribution in [1.29, 1.82) is 0 Å². The summed E-state index contributed by atoms with van der Waals surface area (Å²) in [6.45, 7) is 1.75. The number of hydrogen-bond acceptors (Lipinski definition) is 2. The Bertz CT molecular complexity index is 593. The molecule has 0 radical (unpaired) electrons. The van der Waals surface area contributed by atoms with Crippen LogP contribution in [0, 0.1) is 6.92 Å². The van der Waals surface area contributed by atoms with E-state index in [2.05, 4.69) is 5.10 Å². The molecule has 0 spiro atoms. The minimum atomic E-state index is -0.0734. The SMILES string of the molecule is Cc1c(-c2ccccc2C=O)[nH]n(C)c1=O. The Balaban J connectivity index is 2.72. The molecule has 0 saturated heterocycles. The normalized spacial score (nSPS) is 10.4. The third-order valence-corrected chi connectivity index (χ3v) is 2.64. The number of benzene rings is 1. The van der Waals surface area contributed by atoms with E-state index in [1.54, 1.807) is 26.1 Å². The first-order valence-corrected chi connectivity index (χ1v) is 4.95. The highest BCUT2D eigenvalue weighted by Gasteiger charge is 2.12. The third kappa shape index (κ3) is 1.48. The average Bonchev–Trinajstić information content (AvgIpc) is 2.57. The first kappa shape index (κ1) is 10.4. The van der Waals surface area contributed by atoms with Gasteiger partial charge in [-0.25, -0.2) is 0 Å². The van der Waals surface area contributed by atoms with Crippen LogP contribution in [-0.4, -0.2) is 16.1 Å². The lowest BCUT2D eigenvalue weighted by molar-refractivity contribution is 0.112. The molecule has 0 saturated carbocycles. The van der Waals surface area contributed by atoms with E-state index in [4.69, 9.17) is 0 Å². The van der Waals surface area contributed by atoms with Crippen LogP contribution in [0.5, 0.6) is 0 Å². The summed E-state index contributed by atoms with van der Waals surface area (Å²) in [7, 11) is 1.66. The molecule has 82 valence electrons. The van der Waals surface area contributed by atoms with Crippen LogP contribution in [-0.2, 0) is 7.05 Å². The van der Waals surface area contributed by atoms with Gasteiger partial charge >= 0.3 is 0 Å². The van der Waals surface area contributed by atoms with Gasteiger partial charge in [0.15, 0.2) is 6.29 Å². The maximum Gasteiger partial charge on any atom is 0.269 e. The Hall–Kier alpha value is -2.10. The molecule has 1 heterocycles. The number of H-pyrrole nitrogens is 1. The summed E-state index contributed by atoms with van der Waals surface area (Å²) < 4.78 is 1.41. The zero-order valence-corrected chi connectivity index (χ0v) is 9.15. The first-order chi connectivity index (χ1) is 7.65. The van der Waals surface area contributed by atoms with E-state index in [9.17, 15) is 9.59 Å². The lowest BCUT2D eigenvalue weighted by atomic mass is 10.0. The Kier molecular flexibility index (Phi) is 2.48. The lowest BCUT2D eigenvalue weighted by Gasteiger charge is -2.02. The molecule has 0 atom stereocenters. The molecule has 0 bridgehead atoms. The highest BCUT2D eigenvalue weighted by molar-refractivity contribution is 5.87. The minimum Gasteiger partial charge on any atom is -0.298 e. The smallest absolute Gasteiger partial charge is 0.269 e.